The van der Waals surface area contributed by atoms with Crippen molar-refractivity contribution >= 4 is 12.6 Å². The molecule has 0 aromatic heterocycles. The lowest BCUT2D eigenvalue weighted by Crippen LogP contribution is -1.56. The van der Waals surface area contributed by atoms with Gasteiger partial charge in [0.2, 0.25) is 0 Å². The third kappa shape index (κ3) is 2.35. The summed E-state index contributed by atoms with van der Waals surface area (Å²) in [7, 11) is 0. The molecule has 0 spiro atoms. The standard InChI is InChI=1S/C3H10S/c1-2-3-4/h2-3H2,1,4H3. The molecule has 0 atom stereocenters. The van der Waals surface area contributed by atoms with E-state index in [0.29, 0.717) is 0 Å². The Morgan fingerprint density at radius 1 is 1.75 bits per heavy atom. The monoisotopic (exact) mass is 78.1 g/mol. The van der Waals surface area contributed by atoms with Crippen LogP contribution in [-0.4, -0.2) is 5.75 Å². The first kappa shape index (κ1) is 4.35. The van der Waals surface area contributed by atoms with Crippen LogP contribution < -0.4 is 0 Å². The largest absolute Gasteiger partial charge is 0.279 e. The van der Waals surface area contributed by atoms with Crippen LogP contribution in [0.25, 0.3) is 0 Å². The Kier molecular flexibility index (Phi) is 3.64. The first-order valence-electron chi connectivity index (χ1n) is 1.62. The molecule has 1 heteroatoms. The second kappa shape index (κ2) is 3.35. The molecule has 0 N–H and O–H groups in total. The summed E-state index contributed by atoms with van der Waals surface area (Å²) in [5.74, 6) is 1.24. The minimum atomic E-state index is 1.24. The van der Waals surface area contributed by atoms with E-state index in [1.165, 1.54) is 12.2 Å². The fraction of sp³-hybridized carbons (Fsp3) is 1.00. The molecule has 0 rings (SSSR count). The highest BCUT2D eigenvalue weighted by Crippen LogP contribution is 1.74. The molecule has 0 saturated carbocycles. The Bertz CT molecular complexity index is 5.25. The maximum atomic E-state index is 2.66. The molecule has 0 heterocycles. The van der Waals surface area contributed by atoms with Gasteiger partial charge < -0.3 is 0 Å². The van der Waals surface area contributed by atoms with Crippen molar-refractivity contribution in [3.63, 3.8) is 0 Å². The van der Waals surface area contributed by atoms with Gasteiger partial charge in [0.25, 0.3) is 0 Å². The summed E-state index contributed by atoms with van der Waals surface area (Å²) in [6.45, 7) is 2.16. The van der Waals surface area contributed by atoms with E-state index in [1.807, 2.05) is 0 Å². The highest BCUT2D eigenvalue weighted by Gasteiger charge is 1.55. The van der Waals surface area contributed by atoms with Gasteiger partial charge in [-0.25, -0.2) is 0 Å². The van der Waals surface area contributed by atoms with Crippen LogP contribution in [0, 0.1) is 0 Å². The van der Waals surface area contributed by atoms with Crippen LogP contribution in [-0.2, 0) is 0 Å². The number of hydrogen-bond donors (Lipinski definition) is 0. The molecule has 28 valence electrons. The zero-order valence-corrected chi connectivity index (χ0v) is 4.15. The molecule has 0 aromatic rings. The highest BCUT2D eigenvalue weighted by molar-refractivity contribution is 7.80. The summed E-state index contributed by atoms with van der Waals surface area (Å²) in [4.78, 5) is 0. The Hall–Kier alpha value is 0.350. The number of hydrogen-bond acceptors (Lipinski definition) is 0. The van der Waals surface area contributed by atoms with Crippen LogP contribution in [0.4, 0.5) is 0 Å². The van der Waals surface area contributed by atoms with Crippen LogP contribution in [0.15, 0.2) is 0 Å². The van der Waals surface area contributed by atoms with E-state index in [2.05, 4.69) is 19.6 Å². The fourth-order valence-electron chi connectivity index (χ4n) is 0. The van der Waals surface area contributed by atoms with Crippen molar-refractivity contribution in [2.75, 3.05) is 5.75 Å². The van der Waals surface area contributed by atoms with E-state index < -0.39 is 0 Å². The molecule has 0 amide bonds. The average molecular weight is 78.2 g/mol. The van der Waals surface area contributed by atoms with Gasteiger partial charge in [-0.1, -0.05) is 6.92 Å². The molecule has 0 aromatic carbocycles. The molecular formula is C3H10S. The normalized spacial score (nSPS) is 8.75. The lowest BCUT2D eigenvalue weighted by Gasteiger charge is -1.70. The minimum Gasteiger partial charge on any atom is -0.279 e. The summed E-state index contributed by atoms with van der Waals surface area (Å²) < 4.78 is 0. The van der Waals surface area contributed by atoms with Crippen LogP contribution in [0.5, 0.6) is 0 Å². The highest BCUT2D eigenvalue weighted by atomic mass is 32.1. The Balaban J connectivity index is 1.97. The zero-order chi connectivity index (χ0) is 3.41. The van der Waals surface area contributed by atoms with Crippen molar-refractivity contribution in [3.05, 3.63) is 0 Å². The Morgan fingerprint density at radius 3 is 2.00 bits per heavy atom. The van der Waals surface area contributed by atoms with Crippen LogP contribution in [0.1, 0.15) is 13.3 Å². The van der Waals surface area contributed by atoms with E-state index in [4.69, 9.17) is 0 Å². The molecule has 0 nitrogen and oxygen atoms in total. The zero-order valence-electron chi connectivity index (χ0n) is 2.99. The molecule has 0 radical (unpaired) electrons. The third-order valence-electron chi connectivity index (χ3n) is 0.289. The third-order valence-corrected chi connectivity index (χ3v) is 0.866. The molecule has 0 aliphatic carbocycles. The van der Waals surface area contributed by atoms with E-state index in [-0.39, 0.29) is 0 Å². The molecule has 0 saturated heterocycles. The van der Waals surface area contributed by atoms with Crippen LogP contribution in [0.2, 0.25) is 0 Å². The van der Waals surface area contributed by atoms with Gasteiger partial charge in [0, 0.05) is 0 Å². The summed E-state index contributed by atoms with van der Waals surface area (Å²) in [5.41, 5.74) is 0. The van der Waals surface area contributed by atoms with Crippen molar-refractivity contribution in [3.8, 4) is 0 Å². The van der Waals surface area contributed by atoms with Crippen LogP contribution in [0.3, 0.4) is 0 Å². The SMILES string of the molecule is CCC[SH3]. The van der Waals surface area contributed by atoms with E-state index in [0.717, 1.165) is 0 Å². The maximum Gasteiger partial charge on any atom is -0.0305 e. The van der Waals surface area contributed by atoms with Crippen molar-refractivity contribution < 1.29 is 0 Å². The van der Waals surface area contributed by atoms with Crippen molar-refractivity contribution in [1.82, 2.24) is 0 Å². The van der Waals surface area contributed by atoms with E-state index in [9.17, 15) is 0 Å². The quantitative estimate of drug-likeness (QED) is 0.435. The molecule has 0 fully saturated rings. The fourth-order valence-corrected chi connectivity index (χ4v) is 0. The molecule has 0 aliphatic heterocycles. The van der Waals surface area contributed by atoms with Gasteiger partial charge in [-0.05, 0) is 12.2 Å². The minimum absolute atomic E-state index is 1.24. The van der Waals surface area contributed by atoms with Gasteiger partial charge in [0.05, 0.1) is 0 Å². The van der Waals surface area contributed by atoms with Gasteiger partial charge >= 0.3 is 0 Å². The van der Waals surface area contributed by atoms with Gasteiger partial charge in [-0.3, -0.25) is 12.6 Å². The van der Waals surface area contributed by atoms with Crippen molar-refractivity contribution in [2.24, 2.45) is 0 Å². The molecule has 4 heavy (non-hydrogen) atoms. The summed E-state index contributed by atoms with van der Waals surface area (Å²) in [6, 6.07) is 0. The predicted octanol–water partition coefficient (Wildman–Crippen LogP) is 0.791. The smallest absolute Gasteiger partial charge is 0.0305 e. The van der Waals surface area contributed by atoms with E-state index in [1.54, 1.807) is 0 Å². The predicted molar refractivity (Wildman–Crippen MR) is 26.9 cm³/mol. The molecule has 0 aliphatic rings. The van der Waals surface area contributed by atoms with Crippen molar-refractivity contribution in [2.45, 2.75) is 13.3 Å². The van der Waals surface area contributed by atoms with Gasteiger partial charge in [-0.2, -0.15) is 0 Å². The van der Waals surface area contributed by atoms with Gasteiger partial charge in [0.15, 0.2) is 0 Å². The summed E-state index contributed by atoms with van der Waals surface area (Å²) in [6.07, 6.45) is 1.28. The second-order valence-corrected chi connectivity index (χ2v) is 1.37. The van der Waals surface area contributed by atoms with Gasteiger partial charge in [-0.15, -0.1) is 0 Å². The van der Waals surface area contributed by atoms with E-state index >= 15 is 0 Å². The summed E-state index contributed by atoms with van der Waals surface area (Å²) >= 11 is 2.66. The molecular weight excluding hydrogens is 68.1 g/mol. The lowest BCUT2D eigenvalue weighted by molar-refractivity contribution is 1.11. The average Bonchev–Trinajstić information content (AvgIpc) is 1.37. The van der Waals surface area contributed by atoms with Crippen molar-refractivity contribution in [1.29, 1.82) is 0 Å². The number of rotatable bonds is 1. The Morgan fingerprint density at radius 2 is 2.00 bits per heavy atom. The topological polar surface area (TPSA) is 0 Å². The van der Waals surface area contributed by atoms with Crippen LogP contribution >= 0.6 is 12.6 Å². The second-order valence-electron chi connectivity index (χ2n) is 0.789. The molecule has 0 bridgehead atoms. The molecule has 0 unspecified atom stereocenters. The van der Waals surface area contributed by atoms with Gasteiger partial charge in [0.1, 0.15) is 0 Å². The maximum absolute atomic E-state index is 2.66. The summed E-state index contributed by atoms with van der Waals surface area (Å²) in [5, 5.41) is 0. The first-order chi connectivity index (χ1) is 1.91. The lowest BCUT2D eigenvalue weighted by atomic mass is 10.6. The first-order valence-corrected chi connectivity index (χ1v) is 2.43. The Labute approximate surface area is 32.6 Å².